The Morgan fingerprint density at radius 3 is 2.21 bits per heavy atom. The second-order valence-corrected chi connectivity index (χ2v) is 4.98. The number of nitrogens with zero attached hydrogens (tertiary/aromatic N) is 1. The van der Waals surface area contributed by atoms with E-state index < -0.39 is 11.7 Å². The van der Waals surface area contributed by atoms with Crippen LogP contribution in [0.3, 0.4) is 0 Å². The first-order valence-corrected chi connectivity index (χ1v) is 6.07. The smallest absolute Gasteiger partial charge is 0.372 e. The number of hydrogen-bond acceptors (Lipinski definition) is 2. The highest BCUT2D eigenvalue weighted by molar-refractivity contribution is 5.79. The van der Waals surface area contributed by atoms with E-state index in [4.69, 9.17) is 0 Å². The molecule has 106 valence electrons. The lowest BCUT2D eigenvalue weighted by atomic mass is 10.0. The first kappa shape index (κ1) is 15.5. The maximum Gasteiger partial charge on any atom is 0.417 e. The predicted octanol–water partition coefficient (Wildman–Crippen LogP) is 4.00. The van der Waals surface area contributed by atoms with Crippen molar-refractivity contribution in [3.05, 3.63) is 29.3 Å². The molecule has 1 aromatic carbocycles. The third-order valence-corrected chi connectivity index (χ3v) is 3.45. The average Bonchev–Trinajstić information content (AvgIpc) is 2.35. The van der Waals surface area contributed by atoms with Gasteiger partial charge in [0, 0.05) is 24.3 Å². The molecule has 0 heterocycles. The van der Waals surface area contributed by atoms with Gasteiger partial charge in [-0.2, -0.15) is 13.2 Å². The van der Waals surface area contributed by atoms with Gasteiger partial charge in [0.1, 0.15) is 0 Å². The molecule has 0 aromatic heterocycles. The van der Waals surface area contributed by atoms with E-state index in [0.29, 0.717) is 11.6 Å². The fourth-order valence-electron chi connectivity index (χ4n) is 1.79. The number of hydrogen-bond donors (Lipinski definition) is 0. The van der Waals surface area contributed by atoms with Crippen LogP contribution in [0.5, 0.6) is 0 Å². The minimum absolute atomic E-state index is 0.100. The third-order valence-electron chi connectivity index (χ3n) is 3.45. The number of halogens is 3. The summed E-state index contributed by atoms with van der Waals surface area (Å²) >= 11 is 0. The number of carbonyl (C=O) groups is 1. The first-order valence-electron chi connectivity index (χ1n) is 6.07. The Morgan fingerprint density at radius 1 is 1.21 bits per heavy atom. The maximum absolute atomic E-state index is 12.9. The topological polar surface area (TPSA) is 20.3 Å². The van der Waals surface area contributed by atoms with Crippen molar-refractivity contribution >= 4 is 12.0 Å². The van der Waals surface area contributed by atoms with Crippen LogP contribution >= 0.6 is 0 Å². The SMILES string of the molecule is CC(C)C(C)N(C)c1ccc(C=O)c(C(F)(F)F)c1. The Labute approximate surface area is 111 Å². The number of alkyl halides is 3. The van der Waals surface area contributed by atoms with E-state index >= 15 is 0 Å². The summed E-state index contributed by atoms with van der Waals surface area (Å²) in [6.07, 6.45) is -4.29. The number of rotatable bonds is 4. The highest BCUT2D eigenvalue weighted by Crippen LogP contribution is 2.34. The molecule has 0 spiro atoms. The van der Waals surface area contributed by atoms with Crippen molar-refractivity contribution in [3.8, 4) is 0 Å². The highest BCUT2D eigenvalue weighted by Gasteiger charge is 2.34. The molecule has 0 radical (unpaired) electrons. The van der Waals surface area contributed by atoms with Crippen LogP contribution in [0.25, 0.3) is 0 Å². The largest absolute Gasteiger partial charge is 0.417 e. The molecule has 1 atom stereocenters. The summed E-state index contributed by atoms with van der Waals surface area (Å²) < 4.78 is 38.6. The monoisotopic (exact) mass is 273 g/mol. The minimum Gasteiger partial charge on any atom is -0.372 e. The van der Waals surface area contributed by atoms with Gasteiger partial charge in [-0.15, -0.1) is 0 Å². The zero-order valence-electron chi connectivity index (χ0n) is 11.5. The molecule has 0 amide bonds. The van der Waals surface area contributed by atoms with Crippen LogP contribution in [0.15, 0.2) is 18.2 Å². The first-order chi connectivity index (χ1) is 8.68. The van der Waals surface area contributed by atoms with Crippen LogP contribution < -0.4 is 4.90 Å². The van der Waals surface area contributed by atoms with Gasteiger partial charge in [-0.05, 0) is 31.0 Å². The standard InChI is InChI=1S/C14H18F3NO/c1-9(2)10(3)18(4)12-6-5-11(8-19)13(7-12)14(15,16)17/h5-10H,1-4H3. The molecule has 0 aliphatic rings. The van der Waals surface area contributed by atoms with E-state index in [-0.39, 0.29) is 17.9 Å². The predicted molar refractivity (Wildman–Crippen MR) is 69.5 cm³/mol. The van der Waals surface area contributed by atoms with Crippen molar-refractivity contribution in [1.29, 1.82) is 0 Å². The van der Waals surface area contributed by atoms with Gasteiger partial charge in [0.15, 0.2) is 6.29 Å². The van der Waals surface area contributed by atoms with Crippen LogP contribution in [0.2, 0.25) is 0 Å². The molecule has 1 aromatic rings. The van der Waals surface area contributed by atoms with E-state index in [2.05, 4.69) is 0 Å². The van der Waals surface area contributed by atoms with Crippen molar-refractivity contribution in [2.75, 3.05) is 11.9 Å². The number of anilines is 1. The van der Waals surface area contributed by atoms with Gasteiger partial charge in [0.2, 0.25) is 0 Å². The summed E-state index contributed by atoms with van der Waals surface area (Å²) in [5, 5.41) is 0. The van der Waals surface area contributed by atoms with E-state index in [1.54, 1.807) is 11.9 Å². The van der Waals surface area contributed by atoms with Crippen molar-refractivity contribution in [3.63, 3.8) is 0 Å². The van der Waals surface area contributed by atoms with Gasteiger partial charge in [-0.25, -0.2) is 0 Å². The lowest BCUT2D eigenvalue weighted by Gasteiger charge is -2.30. The second-order valence-electron chi connectivity index (χ2n) is 4.98. The minimum atomic E-state index is -4.52. The van der Waals surface area contributed by atoms with E-state index in [9.17, 15) is 18.0 Å². The summed E-state index contributed by atoms with van der Waals surface area (Å²) in [6, 6.07) is 3.89. The molecule has 0 saturated heterocycles. The molecule has 1 rings (SSSR count). The average molecular weight is 273 g/mol. The van der Waals surface area contributed by atoms with Crippen LogP contribution in [0.4, 0.5) is 18.9 Å². The zero-order chi connectivity index (χ0) is 14.8. The van der Waals surface area contributed by atoms with Crippen LogP contribution in [-0.2, 0) is 6.18 Å². The summed E-state index contributed by atoms with van der Waals surface area (Å²) in [7, 11) is 1.75. The van der Waals surface area contributed by atoms with Crippen molar-refractivity contribution in [2.24, 2.45) is 5.92 Å². The van der Waals surface area contributed by atoms with Crippen LogP contribution in [0, 0.1) is 5.92 Å². The fourth-order valence-corrected chi connectivity index (χ4v) is 1.79. The molecule has 19 heavy (non-hydrogen) atoms. The molecule has 0 bridgehead atoms. The van der Waals surface area contributed by atoms with Gasteiger partial charge >= 0.3 is 6.18 Å². The number of carbonyl (C=O) groups excluding carboxylic acids is 1. The van der Waals surface area contributed by atoms with E-state index in [1.165, 1.54) is 12.1 Å². The highest BCUT2D eigenvalue weighted by atomic mass is 19.4. The molecule has 0 saturated carbocycles. The number of aldehydes is 1. The Kier molecular flexibility index (Phi) is 4.61. The number of benzene rings is 1. The fraction of sp³-hybridized carbons (Fsp3) is 0.500. The molecule has 0 fully saturated rings. The van der Waals surface area contributed by atoms with Crippen molar-refractivity contribution in [2.45, 2.75) is 33.0 Å². The molecule has 5 heteroatoms. The van der Waals surface area contributed by atoms with Crippen molar-refractivity contribution in [1.82, 2.24) is 0 Å². The normalized spacial score (nSPS) is 13.5. The molecule has 1 unspecified atom stereocenters. The lowest BCUT2D eigenvalue weighted by molar-refractivity contribution is -0.137. The summed E-state index contributed by atoms with van der Waals surface area (Å²) in [6.45, 7) is 5.96. The molecule has 2 nitrogen and oxygen atoms in total. The maximum atomic E-state index is 12.9. The van der Waals surface area contributed by atoms with Gasteiger partial charge in [0.25, 0.3) is 0 Å². The van der Waals surface area contributed by atoms with E-state index in [0.717, 1.165) is 6.07 Å². The van der Waals surface area contributed by atoms with E-state index in [1.807, 2.05) is 20.8 Å². The zero-order valence-corrected chi connectivity index (χ0v) is 11.5. The van der Waals surface area contributed by atoms with Gasteiger partial charge < -0.3 is 4.90 Å². The Bertz CT molecular complexity index is 454. The van der Waals surface area contributed by atoms with Crippen LogP contribution in [-0.4, -0.2) is 19.4 Å². The summed E-state index contributed by atoms with van der Waals surface area (Å²) in [4.78, 5) is 12.5. The second kappa shape index (κ2) is 5.63. The summed E-state index contributed by atoms with van der Waals surface area (Å²) in [5.41, 5.74) is -0.760. The third kappa shape index (κ3) is 3.49. The van der Waals surface area contributed by atoms with Gasteiger partial charge in [-0.1, -0.05) is 13.8 Å². The van der Waals surface area contributed by atoms with Gasteiger partial charge in [-0.3, -0.25) is 4.79 Å². The Morgan fingerprint density at radius 2 is 1.79 bits per heavy atom. The lowest BCUT2D eigenvalue weighted by Crippen LogP contribution is -2.33. The van der Waals surface area contributed by atoms with Crippen LogP contribution in [0.1, 0.15) is 36.7 Å². The summed E-state index contributed by atoms with van der Waals surface area (Å²) in [5.74, 6) is 0.310. The Hall–Kier alpha value is -1.52. The molecule has 0 aliphatic carbocycles. The van der Waals surface area contributed by atoms with Gasteiger partial charge in [0.05, 0.1) is 5.56 Å². The van der Waals surface area contributed by atoms with Crippen molar-refractivity contribution < 1.29 is 18.0 Å². The quantitative estimate of drug-likeness (QED) is 0.773. The molecular weight excluding hydrogens is 255 g/mol. The molecular formula is C14H18F3NO. The Balaban J connectivity index is 3.22. The molecule has 0 N–H and O–H groups in total. The molecule has 0 aliphatic heterocycles.